The highest BCUT2D eigenvalue weighted by Gasteiger charge is 2.31. The molecule has 0 aromatic heterocycles. The monoisotopic (exact) mass is 273 g/mol. The molecule has 0 amide bonds. The van der Waals surface area contributed by atoms with E-state index < -0.39 is 6.36 Å². The van der Waals surface area contributed by atoms with E-state index in [4.69, 9.17) is 0 Å². The van der Waals surface area contributed by atoms with Crippen molar-refractivity contribution in [2.45, 2.75) is 32.0 Å². The average molecular weight is 273 g/mol. The molecule has 19 heavy (non-hydrogen) atoms. The lowest BCUT2D eigenvalue weighted by Crippen LogP contribution is -2.22. The van der Waals surface area contributed by atoms with Gasteiger partial charge in [-0.05, 0) is 56.0 Å². The van der Waals surface area contributed by atoms with E-state index >= 15 is 0 Å². The van der Waals surface area contributed by atoms with E-state index in [1.54, 1.807) is 6.07 Å². The zero-order chi connectivity index (χ0) is 13.7. The number of hydrogen-bond donors (Lipinski definition) is 1. The molecule has 0 radical (unpaired) electrons. The normalized spacial score (nSPS) is 20.9. The predicted molar refractivity (Wildman–Crippen MR) is 67.0 cm³/mol. The number of rotatable bonds is 3. The van der Waals surface area contributed by atoms with Gasteiger partial charge in [-0.3, -0.25) is 0 Å². The van der Waals surface area contributed by atoms with Crippen LogP contribution in [-0.4, -0.2) is 19.5 Å². The van der Waals surface area contributed by atoms with Gasteiger partial charge in [0.2, 0.25) is 0 Å². The van der Waals surface area contributed by atoms with Crippen molar-refractivity contribution in [3.05, 3.63) is 29.8 Å². The minimum atomic E-state index is -4.62. The number of hydrogen-bond acceptors (Lipinski definition) is 2. The van der Waals surface area contributed by atoms with E-state index in [1.807, 2.05) is 6.07 Å². The molecular weight excluding hydrogens is 255 g/mol. The van der Waals surface area contributed by atoms with Crippen LogP contribution in [-0.2, 0) is 6.42 Å². The number of nitrogens with one attached hydrogen (secondary N) is 1. The molecule has 1 saturated heterocycles. The Morgan fingerprint density at radius 1 is 1.26 bits per heavy atom. The summed E-state index contributed by atoms with van der Waals surface area (Å²) in [6.45, 7) is 1.97. The van der Waals surface area contributed by atoms with Crippen molar-refractivity contribution in [3.63, 3.8) is 0 Å². The molecule has 1 unspecified atom stereocenters. The molecule has 1 aliphatic heterocycles. The highest BCUT2D eigenvalue weighted by molar-refractivity contribution is 5.29. The average Bonchev–Trinajstić information content (AvgIpc) is 2.56. The van der Waals surface area contributed by atoms with E-state index in [-0.39, 0.29) is 5.75 Å². The molecule has 1 N–H and O–H groups in total. The maximum Gasteiger partial charge on any atom is 0.573 e. The van der Waals surface area contributed by atoms with Crippen LogP contribution in [0.4, 0.5) is 13.2 Å². The SMILES string of the molecule is FC(F)(F)Oc1cccc(CC2CCCCNC2)c1. The lowest BCUT2D eigenvalue weighted by atomic mass is 9.95. The van der Waals surface area contributed by atoms with Gasteiger partial charge in [0.05, 0.1) is 0 Å². The Morgan fingerprint density at radius 2 is 2.11 bits per heavy atom. The molecule has 2 nitrogen and oxygen atoms in total. The van der Waals surface area contributed by atoms with E-state index in [0.717, 1.165) is 31.5 Å². The van der Waals surface area contributed by atoms with Crippen molar-refractivity contribution in [2.24, 2.45) is 5.92 Å². The van der Waals surface area contributed by atoms with Crippen molar-refractivity contribution in [1.82, 2.24) is 5.32 Å². The number of halogens is 3. The summed E-state index contributed by atoms with van der Waals surface area (Å²) in [5.41, 5.74) is 0.899. The summed E-state index contributed by atoms with van der Waals surface area (Å²) in [4.78, 5) is 0. The van der Waals surface area contributed by atoms with E-state index in [0.29, 0.717) is 5.92 Å². The molecule has 1 aliphatic rings. The molecule has 1 aromatic rings. The lowest BCUT2D eigenvalue weighted by molar-refractivity contribution is -0.274. The maximum atomic E-state index is 12.2. The van der Waals surface area contributed by atoms with Gasteiger partial charge in [-0.2, -0.15) is 0 Å². The fourth-order valence-corrected chi connectivity index (χ4v) is 2.47. The summed E-state index contributed by atoms with van der Waals surface area (Å²) < 4.78 is 40.4. The Hall–Kier alpha value is -1.23. The third-order valence-corrected chi connectivity index (χ3v) is 3.31. The zero-order valence-electron chi connectivity index (χ0n) is 10.7. The van der Waals surface area contributed by atoms with Gasteiger partial charge >= 0.3 is 6.36 Å². The van der Waals surface area contributed by atoms with Crippen molar-refractivity contribution in [3.8, 4) is 5.75 Å². The van der Waals surface area contributed by atoms with Crippen molar-refractivity contribution >= 4 is 0 Å². The molecule has 1 atom stereocenters. The van der Waals surface area contributed by atoms with Crippen LogP contribution in [0, 0.1) is 5.92 Å². The fourth-order valence-electron chi connectivity index (χ4n) is 2.47. The molecule has 0 saturated carbocycles. The first-order chi connectivity index (χ1) is 9.03. The molecule has 0 aliphatic carbocycles. The molecule has 1 aromatic carbocycles. The lowest BCUT2D eigenvalue weighted by Gasteiger charge is -2.15. The van der Waals surface area contributed by atoms with E-state index in [2.05, 4.69) is 10.1 Å². The van der Waals surface area contributed by atoms with E-state index in [1.165, 1.54) is 25.0 Å². The summed E-state index contributed by atoms with van der Waals surface area (Å²) in [5, 5.41) is 3.36. The minimum Gasteiger partial charge on any atom is -0.406 e. The zero-order valence-corrected chi connectivity index (χ0v) is 10.7. The van der Waals surface area contributed by atoms with Crippen molar-refractivity contribution < 1.29 is 17.9 Å². The Labute approximate surface area is 111 Å². The second-order valence-corrected chi connectivity index (χ2v) is 4.97. The molecule has 5 heteroatoms. The highest BCUT2D eigenvalue weighted by atomic mass is 19.4. The molecule has 2 rings (SSSR count). The Morgan fingerprint density at radius 3 is 2.89 bits per heavy atom. The van der Waals surface area contributed by atoms with Gasteiger partial charge in [0.1, 0.15) is 5.75 Å². The number of ether oxygens (including phenoxy) is 1. The summed E-state index contributed by atoms with van der Waals surface area (Å²) in [6, 6.07) is 6.29. The predicted octanol–water partition coefficient (Wildman–Crippen LogP) is 3.52. The number of benzene rings is 1. The van der Waals surface area contributed by atoms with Gasteiger partial charge in [-0.1, -0.05) is 18.6 Å². The molecule has 1 fully saturated rings. The van der Waals surface area contributed by atoms with Crippen LogP contribution < -0.4 is 10.1 Å². The third kappa shape index (κ3) is 5.11. The van der Waals surface area contributed by atoms with Gasteiger partial charge in [0.15, 0.2) is 0 Å². The second kappa shape index (κ2) is 6.28. The highest BCUT2D eigenvalue weighted by Crippen LogP contribution is 2.25. The Bertz CT molecular complexity index is 398. The van der Waals surface area contributed by atoms with Crippen LogP contribution >= 0.6 is 0 Å². The minimum absolute atomic E-state index is 0.133. The standard InChI is InChI=1S/C14H18F3NO/c15-14(16,17)19-13-6-3-5-11(9-13)8-12-4-1-2-7-18-10-12/h3,5-6,9,12,18H,1-2,4,7-8,10H2. The molecule has 0 spiro atoms. The smallest absolute Gasteiger partial charge is 0.406 e. The summed E-state index contributed by atoms with van der Waals surface area (Å²) in [7, 11) is 0. The molecular formula is C14H18F3NO. The van der Waals surface area contributed by atoms with Gasteiger partial charge in [0, 0.05) is 0 Å². The summed E-state index contributed by atoms with van der Waals surface area (Å²) >= 11 is 0. The molecule has 1 heterocycles. The Balaban J connectivity index is 1.98. The summed E-state index contributed by atoms with van der Waals surface area (Å²) in [5.74, 6) is 0.357. The maximum absolute atomic E-state index is 12.2. The van der Waals surface area contributed by atoms with Crippen molar-refractivity contribution in [1.29, 1.82) is 0 Å². The third-order valence-electron chi connectivity index (χ3n) is 3.31. The van der Waals surface area contributed by atoms with Gasteiger partial charge in [0.25, 0.3) is 0 Å². The van der Waals surface area contributed by atoms with Crippen LogP contribution in [0.5, 0.6) is 5.75 Å². The van der Waals surface area contributed by atoms with Gasteiger partial charge < -0.3 is 10.1 Å². The topological polar surface area (TPSA) is 21.3 Å². The van der Waals surface area contributed by atoms with Crippen LogP contribution in [0.2, 0.25) is 0 Å². The molecule has 0 bridgehead atoms. The Kier molecular flexibility index (Phi) is 4.69. The van der Waals surface area contributed by atoms with Gasteiger partial charge in [-0.25, -0.2) is 0 Å². The van der Waals surface area contributed by atoms with Crippen LogP contribution in [0.25, 0.3) is 0 Å². The first-order valence-corrected chi connectivity index (χ1v) is 6.58. The fraction of sp³-hybridized carbons (Fsp3) is 0.571. The van der Waals surface area contributed by atoms with Crippen LogP contribution in [0.15, 0.2) is 24.3 Å². The second-order valence-electron chi connectivity index (χ2n) is 4.97. The quantitative estimate of drug-likeness (QED) is 0.909. The van der Waals surface area contributed by atoms with Gasteiger partial charge in [-0.15, -0.1) is 13.2 Å². The van der Waals surface area contributed by atoms with Crippen LogP contribution in [0.1, 0.15) is 24.8 Å². The van der Waals surface area contributed by atoms with E-state index in [9.17, 15) is 13.2 Å². The first kappa shape index (κ1) is 14.2. The molecule has 106 valence electrons. The summed E-state index contributed by atoms with van der Waals surface area (Å²) in [6.07, 6.45) is -0.355. The van der Waals surface area contributed by atoms with Crippen LogP contribution in [0.3, 0.4) is 0 Å². The largest absolute Gasteiger partial charge is 0.573 e. The number of alkyl halides is 3. The first-order valence-electron chi connectivity index (χ1n) is 6.58. The van der Waals surface area contributed by atoms with Crippen molar-refractivity contribution in [2.75, 3.05) is 13.1 Å².